The molecule has 142 valence electrons. The zero-order chi connectivity index (χ0) is 19.7. The van der Waals surface area contributed by atoms with Crippen LogP contribution >= 0.6 is 0 Å². The second-order valence-corrected chi connectivity index (χ2v) is 7.92. The van der Waals surface area contributed by atoms with Crippen molar-refractivity contribution in [1.82, 2.24) is 14.5 Å². The average molecular weight is 394 g/mol. The van der Waals surface area contributed by atoms with Gasteiger partial charge in [0, 0.05) is 35.4 Å². The van der Waals surface area contributed by atoms with E-state index in [2.05, 4.69) is 14.7 Å². The number of fused-ring (bicyclic) bond motifs is 1. The number of imidazole rings is 1. The molecule has 0 radical (unpaired) electrons. The number of pyridine rings is 1. The minimum Gasteiger partial charge on any atom is -0.494 e. The minimum atomic E-state index is -3.79. The number of rotatable bonds is 5. The topological polar surface area (TPSA) is 86.1 Å². The van der Waals surface area contributed by atoms with Crippen LogP contribution in [0.15, 0.2) is 72.3 Å². The summed E-state index contributed by atoms with van der Waals surface area (Å²) in [6.07, 6.45) is 6.76. The van der Waals surface area contributed by atoms with Crippen LogP contribution in [-0.2, 0) is 10.0 Å². The summed E-state index contributed by atoms with van der Waals surface area (Å²) in [7, 11) is -2.25. The molecular weight excluding hydrogens is 376 g/mol. The van der Waals surface area contributed by atoms with Gasteiger partial charge in [0.15, 0.2) is 0 Å². The summed E-state index contributed by atoms with van der Waals surface area (Å²) in [6, 6.07) is 11.9. The summed E-state index contributed by atoms with van der Waals surface area (Å²) in [4.78, 5) is 8.45. The first-order valence-electron chi connectivity index (χ1n) is 8.52. The van der Waals surface area contributed by atoms with Gasteiger partial charge in [-0.25, -0.2) is 13.4 Å². The number of sulfonamides is 1. The van der Waals surface area contributed by atoms with E-state index in [0.717, 1.165) is 16.8 Å². The normalized spacial score (nSPS) is 11.5. The van der Waals surface area contributed by atoms with E-state index in [1.165, 1.54) is 0 Å². The van der Waals surface area contributed by atoms with Gasteiger partial charge < -0.3 is 9.30 Å². The Labute approximate surface area is 162 Å². The van der Waals surface area contributed by atoms with Gasteiger partial charge in [-0.15, -0.1) is 0 Å². The Balaban J connectivity index is 1.72. The van der Waals surface area contributed by atoms with Crippen LogP contribution in [0.5, 0.6) is 5.75 Å². The largest absolute Gasteiger partial charge is 0.494 e. The van der Waals surface area contributed by atoms with E-state index in [-0.39, 0.29) is 4.90 Å². The Bertz CT molecular complexity index is 1260. The Morgan fingerprint density at radius 3 is 2.75 bits per heavy atom. The molecule has 2 heterocycles. The molecule has 0 aliphatic heterocycles. The third-order valence-corrected chi connectivity index (χ3v) is 5.79. The van der Waals surface area contributed by atoms with Crippen molar-refractivity contribution < 1.29 is 13.2 Å². The Hall–Kier alpha value is -3.39. The lowest BCUT2D eigenvalue weighted by Gasteiger charge is -2.14. The first kappa shape index (κ1) is 18.0. The standard InChI is InChI=1S/C20H18N4O3S/c1-14-12-24(13-22-14)18-7-6-16(10-19(18)27-2)23-28(25,26)20-5-3-4-15-11-21-9-8-17(15)20/h3-13,23H,1-2H3. The lowest BCUT2D eigenvalue weighted by atomic mass is 10.2. The summed E-state index contributed by atoms with van der Waals surface area (Å²) in [5.74, 6) is 0.528. The molecule has 2 aromatic heterocycles. The second kappa shape index (κ2) is 6.97. The fraction of sp³-hybridized carbons (Fsp3) is 0.100. The van der Waals surface area contributed by atoms with E-state index >= 15 is 0 Å². The quantitative estimate of drug-likeness (QED) is 0.560. The molecule has 1 N–H and O–H groups in total. The molecule has 0 saturated heterocycles. The third-order valence-electron chi connectivity index (χ3n) is 4.35. The molecule has 0 bridgehead atoms. The maximum Gasteiger partial charge on any atom is 0.262 e. The van der Waals surface area contributed by atoms with Crippen molar-refractivity contribution in [1.29, 1.82) is 0 Å². The number of nitrogens with one attached hydrogen (secondary N) is 1. The summed E-state index contributed by atoms with van der Waals surface area (Å²) in [5.41, 5.74) is 2.04. The lowest BCUT2D eigenvalue weighted by Crippen LogP contribution is -2.13. The fourth-order valence-corrected chi connectivity index (χ4v) is 4.33. The molecular formula is C20H18N4O3S. The first-order valence-corrected chi connectivity index (χ1v) is 10.0. The first-order chi connectivity index (χ1) is 13.5. The predicted octanol–water partition coefficient (Wildman–Crippen LogP) is 3.54. The van der Waals surface area contributed by atoms with E-state index in [1.54, 1.807) is 62.2 Å². The number of methoxy groups -OCH3 is 1. The van der Waals surface area contributed by atoms with Gasteiger partial charge >= 0.3 is 0 Å². The fourth-order valence-electron chi connectivity index (χ4n) is 3.04. The molecule has 0 saturated carbocycles. The van der Waals surface area contributed by atoms with Crippen molar-refractivity contribution in [3.05, 3.63) is 73.1 Å². The molecule has 0 amide bonds. The van der Waals surface area contributed by atoms with Gasteiger partial charge in [0.1, 0.15) is 5.75 Å². The molecule has 0 aliphatic carbocycles. The van der Waals surface area contributed by atoms with Crippen LogP contribution in [0.2, 0.25) is 0 Å². The number of nitrogens with zero attached hydrogens (tertiary/aromatic N) is 3. The van der Waals surface area contributed by atoms with Gasteiger partial charge in [0.25, 0.3) is 10.0 Å². The van der Waals surface area contributed by atoms with E-state index < -0.39 is 10.0 Å². The maximum absolute atomic E-state index is 13.0. The van der Waals surface area contributed by atoms with E-state index in [4.69, 9.17) is 4.74 Å². The zero-order valence-electron chi connectivity index (χ0n) is 15.3. The molecule has 0 fully saturated rings. The molecule has 2 aromatic carbocycles. The number of aryl methyl sites for hydroxylation is 1. The highest BCUT2D eigenvalue weighted by molar-refractivity contribution is 7.93. The zero-order valence-corrected chi connectivity index (χ0v) is 16.1. The van der Waals surface area contributed by atoms with Gasteiger partial charge in [0.2, 0.25) is 0 Å². The van der Waals surface area contributed by atoms with Crippen molar-refractivity contribution in [3.8, 4) is 11.4 Å². The van der Waals surface area contributed by atoms with Crippen molar-refractivity contribution >= 4 is 26.5 Å². The summed E-state index contributed by atoms with van der Waals surface area (Å²) >= 11 is 0. The van der Waals surface area contributed by atoms with Crippen LogP contribution in [-0.4, -0.2) is 30.1 Å². The van der Waals surface area contributed by atoms with E-state index in [1.807, 2.05) is 23.8 Å². The van der Waals surface area contributed by atoms with Crippen LogP contribution in [0.4, 0.5) is 5.69 Å². The van der Waals surface area contributed by atoms with Gasteiger partial charge in [-0.1, -0.05) is 12.1 Å². The molecule has 7 nitrogen and oxygen atoms in total. The molecule has 8 heteroatoms. The minimum absolute atomic E-state index is 0.195. The highest BCUT2D eigenvalue weighted by Crippen LogP contribution is 2.29. The van der Waals surface area contributed by atoms with Crippen molar-refractivity contribution in [2.45, 2.75) is 11.8 Å². The monoisotopic (exact) mass is 394 g/mol. The van der Waals surface area contributed by atoms with Crippen LogP contribution in [0.1, 0.15) is 5.69 Å². The van der Waals surface area contributed by atoms with E-state index in [0.29, 0.717) is 16.8 Å². The van der Waals surface area contributed by atoms with Crippen LogP contribution in [0.25, 0.3) is 16.5 Å². The third kappa shape index (κ3) is 3.29. The van der Waals surface area contributed by atoms with Gasteiger partial charge in [-0.3, -0.25) is 9.71 Å². The SMILES string of the molecule is COc1cc(NS(=O)(=O)c2cccc3cnccc23)ccc1-n1cnc(C)c1. The summed E-state index contributed by atoms with van der Waals surface area (Å²) < 4.78 is 35.9. The number of hydrogen-bond donors (Lipinski definition) is 1. The number of aromatic nitrogens is 3. The molecule has 0 aliphatic rings. The number of anilines is 1. The van der Waals surface area contributed by atoms with Crippen molar-refractivity contribution in [3.63, 3.8) is 0 Å². The van der Waals surface area contributed by atoms with Gasteiger partial charge in [0.05, 0.1) is 35.4 Å². The molecule has 0 atom stereocenters. The number of hydrogen-bond acceptors (Lipinski definition) is 5. The number of ether oxygens (including phenoxy) is 1. The molecule has 0 unspecified atom stereocenters. The maximum atomic E-state index is 13.0. The van der Waals surface area contributed by atoms with Crippen LogP contribution in [0, 0.1) is 6.92 Å². The average Bonchev–Trinajstić information content (AvgIpc) is 3.13. The van der Waals surface area contributed by atoms with Gasteiger partial charge in [-0.05, 0) is 31.2 Å². The Morgan fingerprint density at radius 1 is 1.14 bits per heavy atom. The Morgan fingerprint density at radius 2 is 2.00 bits per heavy atom. The smallest absolute Gasteiger partial charge is 0.262 e. The number of benzene rings is 2. The highest BCUT2D eigenvalue weighted by atomic mass is 32.2. The summed E-state index contributed by atoms with van der Waals surface area (Å²) in [6.45, 7) is 1.89. The Kier molecular flexibility index (Phi) is 4.48. The second-order valence-electron chi connectivity index (χ2n) is 6.27. The van der Waals surface area contributed by atoms with Gasteiger partial charge in [-0.2, -0.15) is 0 Å². The molecule has 0 spiro atoms. The summed E-state index contributed by atoms with van der Waals surface area (Å²) in [5, 5.41) is 1.37. The molecule has 4 rings (SSSR count). The van der Waals surface area contributed by atoms with E-state index in [9.17, 15) is 8.42 Å². The molecule has 28 heavy (non-hydrogen) atoms. The van der Waals surface area contributed by atoms with Crippen LogP contribution in [0.3, 0.4) is 0 Å². The predicted molar refractivity (Wildman–Crippen MR) is 107 cm³/mol. The lowest BCUT2D eigenvalue weighted by molar-refractivity contribution is 0.413. The van der Waals surface area contributed by atoms with Crippen LogP contribution < -0.4 is 9.46 Å². The molecule has 4 aromatic rings. The van der Waals surface area contributed by atoms with Crippen molar-refractivity contribution in [2.75, 3.05) is 11.8 Å². The van der Waals surface area contributed by atoms with Crippen molar-refractivity contribution in [2.24, 2.45) is 0 Å². The highest BCUT2D eigenvalue weighted by Gasteiger charge is 2.18.